The van der Waals surface area contributed by atoms with Crippen molar-refractivity contribution >= 4 is 39.5 Å². The molecular weight excluding hydrogens is 1260 g/mol. The van der Waals surface area contributed by atoms with Crippen molar-refractivity contribution < 1.29 is 80.2 Å². The summed E-state index contributed by atoms with van der Waals surface area (Å²) in [4.78, 5) is 72.7. The SMILES string of the molecule is CCCCCCCCCCCCCCCCCCC(=O)OC[C@H](COP(=O)(O)OC[C@@H](O)COP(=O)(O)OC[C@@H](COC(=O)CCCCCCCCC(C)C)OC(=O)CCCCCCCCC(C)CC)OC(=O)CCCCCCCCCCCCCCCCCCCCC(C)C. The van der Waals surface area contributed by atoms with Crippen LogP contribution >= 0.6 is 15.6 Å². The van der Waals surface area contributed by atoms with Crippen LogP contribution in [-0.4, -0.2) is 96.7 Å². The van der Waals surface area contributed by atoms with Crippen molar-refractivity contribution in [2.45, 2.75) is 414 Å². The van der Waals surface area contributed by atoms with Crippen LogP contribution in [0.2, 0.25) is 0 Å². The minimum atomic E-state index is -4.96. The molecule has 17 nitrogen and oxygen atoms in total. The minimum absolute atomic E-state index is 0.102. The van der Waals surface area contributed by atoms with Crippen molar-refractivity contribution in [1.29, 1.82) is 0 Å². The Balaban J connectivity index is 5.19. The van der Waals surface area contributed by atoms with Crippen LogP contribution < -0.4 is 0 Å². The molecule has 0 aromatic heterocycles. The molecule has 19 heteroatoms. The van der Waals surface area contributed by atoms with Crippen LogP contribution in [0.1, 0.15) is 395 Å². The molecular formula is C77H150O17P2. The lowest BCUT2D eigenvalue weighted by Gasteiger charge is -2.21. The second-order valence-electron chi connectivity index (χ2n) is 28.9. The average molecular weight is 1410 g/mol. The zero-order valence-electron chi connectivity index (χ0n) is 62.8. The predicted octanol–water partition coefficient (Wildman–Crippen LogP) is 22.6. The second-order valence-corrected chi connectivity index (χ2v) is 31.8. The summed E-state index contributed by atoms with van der Waals surface area (Å²) < 4.78 is 68.5. The molecule has 0 saturated heterocycles. The molecule has 0 aliphatic rings. The lowest BCUT2D eigenvalue weighted by molar-refractivity contribution is -0.161. The lowest BCUT2D eigenvalue weighted by Crippen LogP contribution is -2.30. The number of carbonyl (C=O) groups is 4. The van der Waals surface area contributed by atoms with Gasteiger partial charge in [0.2, 0.25) is 0 Å². The van der Waals surface area contributed by atoms with Crippen molar-refractivity contribution in [3.63, 3.8) is 0 Å². The number of phosphoric acid groups is 2. The lowest BCUT2D eigenvalue weighted by atomic mass is 10.00. The molecule has 6 atom stereocenters. The third-order valence-electron chi connectivity index (χ3n) is 18.2. The highest BCUT2D eigenvalue weighted by Crippen LogP contribution is 2.45. The summed E-state index contributed by atoms with van der Waals surface area (Å²) in [5.74, 6) is 0.0979. The van der Waals surface area contributed by atoms with Gasteiger partial charge in [-0.3, -0.25) is 37.3 Å². The summed E-state index contributed by atoms with van der Waals surface area (Å²) in [5.41, 5.74) is 0. The fraction of sp³-hybridized carbons (Fsp3) is 0.948. The molecule has 0 rings (SSSR count). The van der Waals surface area contributed by atoms with E-state index in [1.54, 1.807) is 0 Å². The molecule has 96 heavy (non-hydrogen) atoms. The van der Waals surface area contributed by atoms with Crippen LogP contribution in [0.5, 0.6) is 0 Å². The summed E-state index contributed by atoms with van der Waals surface area (Å²) in [6, 6.07) is 0. The Hall–Kier alpha value is -1.94. The van der Waals surface area contributed by atoms with Crippen molar-refractivity contribution in [1.82, 2.24) is 0 Å². The van der Waals surface area contributed by atoms with E-state index in [-0.39, 0.29) is 25.7 Å². The van der Waals surface area contributed by atoms with E-state index >= 15 is 0 Å². The summed E-state index contributed by atoms with van der Waals surface area (Å²) in [6.45, 7) is 11.8. The largest absolute Gasteiger partial charge is 0.472 e. The van der Waals surface area contributed by atoms with Crippen LogP contribution in [0.15, 0.2) is 0 Å². The van der Waals surface area contributed by atoms with E-state index in [2.05, 4.69) is 48.5 Å². The molecule has 0 amide bonds. The van der Waals surface area contributed by atoms with Gasteiger partial charge in [0.05, 0.1) is 26.4 Å². The van der Waals surface area contributed by atoms with Crippen molar-refractivity contribution in [2.24, 2.45) is 17.8 Å². The third kappa shape index (κ3) is 69.2. The smallest absolute Gasteiger partial charge is 0.462 e. The van der Waals surface area contributed by atoms with E-state index in [1.807, 2.05) is 0 Å². The summed E-state index contributed by atoms with van der Waals surface area (Å²) in [7, 11) is -9.91. The second kappa shape index (κ2) is 67.5. The zero-order chi connectivity index (χ0) is 70.9. The van der Waals surface area contributed by atoms with E-state index in [1.165, 1.54) is 199 Å². The van der Waals surface area contributed by atoms with Gasteiger partial charge in [0.25, 0.3) is 0 Å². The highest BCUT2D eigenvalue weighted by Gasteiger charge is 2.30. The molecule has 0 radical (unpaired) electrons. The van der Waals surface area contributed by atoms with Gasteiger partial charge >= 0.3 is 39.5 Å². The number of ether oxygens (including phenoxy) is 4. The van der Waals surface area contributed by atoms with E-state index < -0.39 is 97.5 Å². The molecule has 0 heterocycles. The molecule has 0 bridgehead atoms. The molecule has 3 N–H and O–H groups in total. The molecule has 0 saturated carbocycles. The van der Waals surface area contributed by atoms with Gasteiger partial charge in [-0.05, 0) is 43.4 Å². The topological polar surface area (TPSA) is 237 Å². The monoisotopic (exact) mass is 1410 g/mol. The van der Waals surface area contributed by atoms with Crippen molar-refractivity contribution in [2.75, 3.05) is 39.6 Å². The highest BCUT2D eigenvalue weighted by molar-refractivity contribution is 7.47. The Bertz CT molecular complexity index is 1870. The number of phosphoric ester groups is 2. The Morgan fingerprint density at radius 3 is 0.792 bits per heavy atom. The molecule has 0 aliphatic heterocycles. The quantitative estimate of drug-likeness (QED) is 0.0222. The van der Waals surface area contributed by atoms with Crippen LogP contribution in [0, 0.1) is 17.8 Å². The first-order valence-corrected chi connectivity index (χ1v) is 42.9. The number of carbonyl (C=O) groups excluding carboxylic acids is 4. The van der Waals surface area contributed by atoms with E-state index in [9.17, 15) is 43.2 Å². The Morgan fingerprint density at radius 2 is 0.531 bits per heavy atom. The first-order valence-electron chi connectivity index (χ1n) is 39.9. The maximum atomic E-state index is 13.1. The predicted molar refractivity (Wildman–Crippen MR) is 391 cm³/mol. The summed E-state index contributed by atoms with van der Waals surface area (Å²) >= 11 is 0. The average Bonchev–Trinajstić information content (AvgIpc) is 1.40. The number of hydrogen-bond acceptors (Lipinski definition) is 15. The standard InChI is InChI=1S/C77H150O17P2/c1-8-10-11-12-13-14-15-16-17-23-26-29-32-35-44-51-58-74(79)87-64-72(93-76(81)60-53-46-36-33-30-27-24-21-19-18-20-22-25-28-31-34-41-48-55-68(3)4)66-91-95(83,84)89-62-71(78)63-90-96(85,86)92-67-73(65-88-75(80)59-52-45-39-37-42-49-56-69(5)6)94-77(82)61-54-47-40-38-43-50-57-70(7)9-2/h68-73,78H,8-67H2,1-7H3,(H,83,84)(H,85,86)/t70?,71-,72-,73-/m1/s1. The number of hydrogen-bond donors (Lipinski definition) is 3. The first kappa shape index (κ1) is 94.1. The van der Waals surface area contributed by atoms with E-state index in [4.69, 9.17) is 37.0 Å². The van der Waals surface area contributed by atoms with Gasteiger partial charge in [-0.25, -0.2) is 9.13 Å². The Morgan fingerprint density at radius 1 is 0.302 bits per heavy atom. The van der Waals surface area contributed by atoms with Gasteiger partial charge < -0.3 is 33.8 Å². The summed E-state index contributed by atoms with van der Waals surface area (Å²) in [6.07, 6.45) is 54.5. The van der Waals surface area contributed by atoms with Crippen LogP contribution in [0.25, 0.3) is 0 Å². The molecule has 0 fully saturated rings. The highest BCUT2D eigenvalue weighted by atomic mass is 31.2. The van der Waals surface area contributed by atoms with Gasteiger partial charge in [0, 0.05) is 25.7 Å². The maximum Gasteiger partial charge on any atom is 0.472 e. The fourth-order valence-electron chi connectivity index (χ4n) is 11.7. The van der Waals surface area contributed by atoms with Gasteiger partial charge in [-0.1, -0.05) is 344 Å². The molecule has 570 valence electrons. The van der Waals surface area contributed by atoms with Crippen molar-refractivity contribution in [3.8, 4) is 0 Å². The zero-order valence-corrected chi connectivity index (χ0v) is 64.6. The molecule has 3 unspecified atom stereocenters. The number of aliphatic hydroxyl groups is 1. The van der Waals surface area contributed by atoms with Crippen LogP contribution in [0.4, 0.5) is 0 Å². The fourth-order valence-corrected chi connectivity index (χ4v) is 13.3. The van der Waals surface area contributed by atoms with Crippen LogP contribution in [-0.2, 0) is 65.4 Å². The summed E-state index contributed by atoms with van der Waals surface area (Å²) in [5, 5.41) is 10.6. The Kier molecular flexibility index (Phi) is 66.2. The van der Waals surface area contributed by atoms with Crippen molar-refractivity contribution in [3.05, 3.63) is 0 Å². The normalized spacial score (nSPS) is 14.3. The van der Waals surface area contributed by atoms with Crippen LogP contribution in [0.3, 0.4) is 0 Å². The number of unbranched alkanes of at least 4 members (excludes halogenated alkanes) is 42. The van der Waals surface area contributed by atoms with Gasteiger partial charge in [0.15, 0.2) is 12.2 Å². The van der Waals surface area contributed by atoms with Gasteiger partial charge in [-0.15, -0.1) is 0 Å². The first-order chi connectivity index (χ1) is 46.3. The minimum Gasteiger partial charge on any atom is -0.462 e. The number of aliphatic hydroxyl groups excluding tert-OH is 1. The molecule has 0 aliphatic carbocycles. The maximum absolute atomic E-state index is 13.1. The van der Waals surface area contributed by atoms with E-state index in [0.717, 1.165) is 108 Å². The number of rotatable bonds is 75. The molecule has 0 aromatic rings. The third-order valence-corrected chi connectivity index (χ3v) is 20.1. The molecule has 0 aromatic carbocycles. The molecule has 0 spiro atoms. The van der Waals surface area contributed by atoms with Gasteiger partial charge in [-0.2, -0.15) is 0 Å². The van der Waals surface area contributed by atoms with E-state index in [0.29, 0.717) is 31.6 Å². The Labute approximate surface area is 588 Å². The van der Waals surface area contributed by atoms with Gasteiger partial charge in [0.1, 0.15) is 19.3 Å². The number of esters is 4.